The summed E-state index contributed by atoms with van der Waals surface area (Å²) in [5, 5.41) is 22.6. The summed E-state index contributed by atoms with van der Waals surface area (Å²) in [6, 6.07) is 19.3. The average molecular weight is 494 g/mol. The molecule has 1 aromatic heterocycles. The third-order valence-electron chi connectivity index (χ3n) is 6.13. The van der Waals surface area contributed by atoms with Gasteiger partial charge in [-0.3, -0.25) is 4.79 Å². The summed E-state index contributed by atoms with van der Waals surface area (Å²) in [6.07, 6.45) is -2.23. The lowest BCUT2D eigenvalue weighted by Gasteiger charge is -2.15. The van der Waals surface area contributed by atoms with Crippen molar-refractivity contribution >= 4 is 28.5 Å². The zero-order valence-electron chi connectivity index (χ0n) is 18.9. The number of ether oxygens (including phenoxy) is 2. The van der Waals surface area contributed by atoms with Gasteiger partial charge in [-0.05, 0) is 41.0 Å². The van der Waals surface area contributed by atoms with Crippen LogP contribution >= 0.6 is 11.6 Å². The van der Waals surface area contributed by atoms with E-state index in [0.717, 1.165) is 22.3 Å². The highest BCUT2D eigenvalue weighted by Gasteiger charge is 2.37. The van der Waals surface area contributed by atoms with Gasteiger partial charge in [-0.2, -0.15) is 4.98 Å². The van der Waals surface area contributed by atoms with Gasteiger partial charge in [0, 0.05) is 18.2 Å². The van der Waals surface area contributed by atoms with Crippen LogP contribution in [0.4, 0.5) is 0 Å². The number of rotatable bonds is 6. The van der Waals surface area contributed by atoms with Gasteiger partial charge in [0.2, 0.25) is 0 Å². The van der Waals surface area contributed by atoms with Crippen molar-refractivity contribution in [1.29, 1.82) is 0 Å². The Morgan fingerprint density at radius 1 is 1.14 bits per heavy atom. The van der Waals surface area contributed by atoms with Gasteiger partial charge in [0.25, 0.3) is 11.9 Å². The second kappa shape index (κ2) is 9.67. The fourth-order valence-corrected chi connectivity index (χ4v) is 4.42. The number of H-pyrrole nitrogens is 1. The van der Waals surface area contributed by atoms with Crippen molar-refractivity contribution in [1.82, 2.24) is 15.3 Å². The first-order valence-electron chi connectivity index (χ1n) is 11.2. The van der Waals surface area contributed by atoms with Crippen LogP contribution in [0.25, 0.3) is 33.3 Å². The van der Waals surface area contributed by atoms with E-state index in [9.17, 15) is 15.0 Å². The summed E-state index contributed by atoms with van der Waals surface area (Å²) in [4.78, 5) is 19.3. The molecule has 0 bridgehead atoms. The number of imidazole rings is 1. The highest BCUT2D eigenvalue weighted by molar-refractivity contribution is 6.34. The Kier molecular flexibility index (Phi) is 6.44. The highest BCUT2D eigenvalue weighted by Crippen LogP contribution is 2.34. The number of hydrogen-bond donors (Lipinski definition) is 4. The summed E-state index contributed by atoms with van der Waals surface area (Å²) in [5.41, 5.74) is 5.75. The van der Waals surface area contributed by atoms with Crippen LogP contribution in [-0.2, 0) is 4.74 Å². The van der Waals surface area contributed by atoms with Crippen molar-refractivity contribution in [2.45, 2.75) is 18.3 Å². The summed E-state index contributed by atoms with van der Waals surface area (Å²) in [7, 11) is 1.61. The maximum absolute atomic E-state index is 11.8. The number of carbonyl (C=O) groups excluding carboxylic acids is 1. The van der Waals surface area contributed by atoms with E-state index < -0.39 is 18.3 Å². The van der Waals surface area contributed by atoms with Crippen LogP contribution in [0.5, 0.6) is 6.01 Å². The van der Waals surface area contributed by atoms with Crippen molar-refractivity contribution in [2.75, 3.05) is 20.3 Å². The fourth-order valence-electron chi connectivity index (χ4n) is 4.15. The van der Waals surface area contributed by atoms with E-state index in [1.165, 1.54) is 0 Å². The molecule has 0 spiro atoms. The highest BCUT2D eigenvalue weighted by atomic mass is 35.5. The van der Waals surface area contributed by atoms with E-state index in [1.807, 2.05) is 42.5 Å². The van der Waals surface area contributed by atoms with E-state index in [2.05, 4.69) is 15.3 Å². The van der Waals surface area contributed by atoms with Crippen LogP contribution in [-0.4, -0.2) is 64.7 Å². The van der Waals surface area contributed by atoms with Gasteiger partial charge in [-0.1, -0.05) is 48.0 Å². The zero-order chi connectivity index (χ0) is 24.5. The Morgan fingerprint density at radius 2 is 1.80 bits per heavy atom. The fraction of sp³-hybridized carbons (Fsp3) is 0.231. The normalized spacial score (nSPS) is 19.7. The van der Waals surface area contributed by atoms with Crippen molar-refractivity contribution < 1.29 is 24.5 Å². The van der Waals surface area contributed by atoms with Gasteiger partial charge in [0.1, 0.15) is 12.2 Å². The number of hydrogen-bond acceptors (Lipinski definition) is 6. The Balaban J connectivity index is 1.36. The molecule has 4 aromatic rings. The molecule has 1 aliphatic rings. The van der Waals surface area contributed by atoms with Crippen LogP contribution in [0.2, 0.25) is 5.02 Å². The average Bonchev–Trinajstić information content (AvgIpc) is 3.45. The van der Waals surface area contributed by atoms with Crippen molar-refractivity contribution in [3.8, 4) is 28.3 Å². The Morgan fingerprint density at radius 3 is 2.43 bits per heavy atom. The van der Waals surface area contributed by atoms with Gasteiger partial charge in [-0.25, -0.2) is 0 Å². The van der Waals surface area contributed by atoms with Crippen LogP contribution < -0.4 is 10.1 Å². The lowest BCUT2D eigenvalue weighted by molar-refractivity contribution is -0.00390. The van der Waals surface area contributed by atoms with Crippen LogP contribution in [0.1, 0.15) is 10.4 Å². The predicted octanol–water partition coefficient (Wildman–Crippen LogP) is 3.41. The molecule has 3 atom stereocenters. The second-order valence-corrected chi connectivity index (χ2v) is 8.73. The number of nitrogens with zero attached hydrogens (tertiary/aromatic N) is 1. The number of halogens is 1. The first kappa shape index (κ1) is 23.3. The lowest BCUT2D eigenvalue weighted by Crippen LogP contribution is -2.36. The summed E-state index contributed by atoms with van der Waals surface area (Å²) < 4.78 is 11.1. The Bertz CT molecular complexity index is 1350. The molecule has 2 heterocycles. The smallest absolute Gasteiger partial charge is 0.295 e. The van der Waals surface area contributed by atoms with Gasteiger partial charge in [0.05, 0.1) is 29.3 Å². The topological polar surface area (TPSA) is 117 Å². The number of nitrogens with one attached hydrogen (secondary N) is 2. The maximum atomic E-state index is 11.8. The maximum Gasteiger partial charge on any atom is 0.295 e. The number of carbonyl (C=O) groups is 1. The summed E-state index contributed by atoms with van der Waals surface area (Å²) >= 11 is 6.58. The molecule has 1 fully saturated rings. The molecular formula is C26H24ClN3O5. The number of aliphatic hydroxyl groups excluding tert-OH is 2. The molecule has 3 aromatic carbocycles. The summed E-state index contributed by atoms with van der Waals surface area (Å²) in [5.74, 6) is -0.119. The number of amides is 1. The molecule has 0 saturated carbocycles. The summed E-state index contributed by atoms with van der Waals surface area (Å²) in [6.45, 7) is -0.115. The quantitative estimate of drug-likeness (QED) is 0.327. The standard InChI is InChI=1S/C26H24ClN3O5/c1-28-25(33)17-8-4-15(5-9-17)14-2-6-16(7-3-14)18-10-20-21(11-19(18)27)30-26(29-20)35-23-13-34-22(12-31)24(23)32/h2-11,22-24,31-32H,12-13H2,1H3,(H,28,33)(H,29,30)/t22-,23?,24-/m1/s1. The van der Waals surface area contributed by atoms with Gasteiger partial charge < -0.3 is 30.0 Å². The number of aromatic nitrogens is 2. The van der Waals surface area contributed by atoms with E-state index in [1.54, 1.807) is 25.2 Å². The molecule has 8 nitrogen and oxygen atoms in total. The first-order valence-corrected chi connectivity index (χ1v) is 11.5. The molecule has 1 saturated heterocycles. The third-order valence-corrected chi connectivity index (χ3v) is 6.44. The predicted molar refractivity (Wildman–Crippen MR) is 133 cm³/mol. The Labute approximate surface area is 206 Å². The molecule has 35 heavy (non-hydrogen) atoms. The van der Waals surface area contributed by atoms with Crippen LogP contribution in [0.3, 0.4) is 0 Å². The van der Waals surface area contributed by atoms with E-state index in [-0.39, 0.29) is 25.1 Å². The molecule has 4 N–H and O–H groups in total. The van der Waals surface area contributed by atoms with E-state index >= 15 is 0 Å². The zero-order valence-corrected chi connectivity index (χ0v) is 19.6. The minimum Gasteiger partial charge on any atom is -0.456 e. The monoisotopic (exact) mass is 493 g/mol. The van der Waals surface area contributed by atoms with Crippen molar-refractivity contribution in [3.63, 3.8) is 0 Å². The molecule has 1 amide bonds. The number of aliphatic hydroxyl groups is 2. The van der Waals surface area contributed by atoms with Gasteiger partial charge >= 0.3 is 0 Å². The van der Waals surface area contributed by atoms with Crippen molar-refractivity contribution in [2.24, 2.45) is 0 Å². The minimum absolute atomic E-state index is 0.119. The molecule has 5 rings (SSSR count). The van der Waals surface area contributed by atoms with Crippen molar-refractivity contribution in [3.05, 3.63) is 71.2 Å². The lowest BCUT2D eigenvalue weighted by atomic mass is 9.99. The van der Waals surface area contributed by atoms with Crippen LogP contribution in [0.15, 0.2) is 60.7 Å². The number of fused-ring (bicyclic) bond motifs is 1. The SMILES string of the molecule is CNC(=O)c1ccc(-c2ccc(-c3cc4nc(OC5CO[C@H](CO)[C@H]5O)[nH]c4cc3Cl)cc2)cc1. The number of aromatic amines is 1. The van der Waals surface area contributed by atoms with E-state index in [0.29, 0.717) is 21.6 Å². The van der Waals surface area contributed by atoms with Gasteiger partial charge in [0.15, 0.2) is 6.10 Å². The molecule has 0 aliphatic carbocycles. The van der Waals surface area contributed by atoms with E-state index in [4.69, 9.17) is 21.1 Å². The third kappa shape index (κ3) is 4.61. The molecular weight excluding hydrogens is 470 g/mol. The largest absolute Gasteiger partial charge is 0.456 e. The Hall–Kier alpha value is -3.43. The molecule has 1 aliphatic heterocycles. The molecule has 0 radical (unpaired) electrons. The number of benzene rings is 3. The second-order valence-electron chi connectivity index (χ2n) is 8.33. The first-order chi connectivity index (χ1) is 17.0. The molecule has 9 heteroatoms. The molecule has 1 unspecified atom stereocenters. The van der Waals surface area contributed by atoms with Gasteiger partial charge in [-0.15, -0.1) is 0 Å². The minimum atomic E-state index is -0.939. The van der Waals surface area contributed by atoms with Crippen LogP contribution in [0, 0.1) is 0 Å². The molecule has 180 valence electrons.